The van der Waals surface area contributed by atoms with Gasteiger partial charge < -0.3 is 5.32 Å². The van der Waals surface area contributed by atoms with Gasteiger partial charge in [0, 0.05) is 21.9 Å². The van der Waals surface area contributed by atoms with Gasteiger partial charge in [-0.05, 0) is 48.5 Å². The molecule has 136 valence electrons. The Kier molecular flexibility index (Phi) is 6.36. The molecule has 0 saturated carbocycles. The largest absolute Gasteiger partial charge is 0.322 e. The van der Waals surface area contributed by atoms with E-state index in [0.717, 1.165) is 4.47 Å². The van der Waals surface area contributed by atoms with Gasteiger partial charge in [-0.1, -0.05) is 39.8 Å². The molecule has 27 heavy (non-hydrogen) atoms. The predicted molar refractivity (Wildman–Crippen MR) is 108 cm³/mol. The van der Waals surface area contributed by atoms with Crippen LogP contribution in [-0.2, 0) is 0 Å². The van der Waals surface area contributed by atoms with E-state index in [1.54, 1.807) is 24.3 Å². The Bertz CT molecular complexity index is 945. The second kappa shape index (κ2) is 8.92. The van der Waals surface area contributed by atoms with E-state index in [2.05, 4.69) is 26.2 Å². The number of amides is 1. The average molecular weight is 445 g/mol. The number of aromatic nitrogens is 1. The second-order valence-corrected chi connectivity index (χ2v) is 7.48. The van der Waals surface area contributed by atoms with Crippen molar-refractivity contribution in [3.8, 4) is 0 Å². The van der Waals surface area contributed by atoms with Crippen molar-refractivity contribution < 1.29 is 14.0 Å². The maximum atomic E-state index is 12.9. The lowest BCUT2D eigenvalue weighted by molar-refractivity contribution is 0.101. The number of hydrogen-bond acceptors (Lipinski definition) is 4. The highest BCUT2D eigenvalue weighted by molar-refractivity contribution is 9.10. The molecule has 4 nitrogen and oxygen atoms in total. The Labute approximate surface area is 168 Å². The quantitative estimate of drug-likeness (QED) is 0.418. The van der Waals surface area contributed by atoms with E-state index in [0.29, 0.717) is 21.8 Å². The van der Waals surface area contributed by atoms with Crippen LogP contribution in [0.15, 0.2) is 76.4 Å². The van der Waals surface area contributed by atoms with E-state index >= 15 is 0 Å². The number of carbonyl (C=O) groups excluding carboxylic acids is 2. The fourth-order valence-electron chi connectivity index (χ4n) is 2.20. The molecule has 0 spiro atoms. The Morgan fingerprint density at radius 2 is 1.63 bits per heavy atom. The average Bonchev–Trinajstić information content (AvgIpc) is 2.69. The van der Waals surface area contributed by atoms with Crippen LogP contribution in [0.1, 0.15) is 20.7 Å². The van der Waals surface area contributed by atoms with Gasteiger partial charge in [-0.25, -0.2) is 9.37 Å². The van der Waals surface area contributed by atoms with Crippen molar-refractivity contribution in [2.45, 2.75) is 5.03 Å². The number of nitrogens with one attached hydrogen (secondary N) is 1. The minimum Gasteiger partial charge on any atom is -0.322 e. The molecule has 0 saturated heterocycles. The number of rotatable bonds is 6. The number of hydrogen-bond donors (Lipinski definition) is 1. The number of anilines is 1. The maximum Gasteiger partial charge on any atom is 0.257 e. The first-order valence-corrected chi connectivity index (χ1v) is 9.74. The van der Waals surface area contributed by atoms with Crippen molar-refractivity contribution in [1.29, 1.82) is 0 Å². The van der Waals surface area contributed by atoms with E-state index < -0.39 is 0 Å². The molecule has 0 fully saturated rings. The molecule has 1 N–H and O–H groups in total. The summed E-state index contributed by atoms with van der Waals surface area (Å²) in [5.74, 6) is -0.437. The molecule has 1 amide bonds. The Morgan fingerprint density at radius 3 is 2.26 bits per heavy atom. The number of benzene rings is 2. The smallest absolute Gasteiger partial charge is 0.257 e. The standard InChI is InChI=1S/C20H14BrFN2O2S/c21-15-4-1-13(2-5-15)18(25)12-27-19-10-3-14(11-23-19)20(26)24-17-8-6-16(22)7-9-17/h1-11H,12H2,(H,24,26). The summed E-state index contributed by atoms with van der Waals surface area (Å²) >= 11 is 4.64. The van der Waals surface area contributed by atoms with Gasteiger partial charge in [0.1, 0.15) is 5.82 Å². The van der Waals surface area contributed by atoms with Crippen molar-refractivity contribution in [3.63, 3.8) is 0 Å². The zero-order chi connectivity index (χ0) is 19.2. The van der Waals surface area contributed by atoms with E-state index in [-0.39, 0.29) is 23.3 Å². The molecule has 0 radical (unpaired) electrons. The van der Waals surface area contributed by atoms with Gasteiger partial charge in [0.25, 0.3) is 5.91 Å². The maximum absolute atomic E-state index is 12.9. The van der Waals surface area contributed by atoms with E-state index in [1.807, 2.05) is 12.1 Å². The number of carbonyl (C=O) groups is 2. The molecule has 0 bridgehead atoms. The Balaban J connectivity index is 1.56. The van der Waals surface area contributed by atoms with Crippen LogP contribution < -0.4 is 5.32 Å². The molecule has 2 aromatic carbocycles. The summed E-state index contributed by atoms with van der Waals surface area (Å²) in [6.45, 7) is 0. The number of thioether (sulfide) groups is 1. The highest BCUT2D eigenvalue weighted by Gasteiger charge is 2.10. The lowest BCUT2D eigenvalue weighted by Crippen LogP contribution is -2.12. The molecular weight excluding hydrogens is 431 g/mol. The lowest BCUT2D eigenvalue weighted by Gasteiger charge is -2.06. The Hall–Kier alpha value is -2.51. The van der Waals surface area contributed by atoms with Crippen molar-refractivity contribution in [2.24, 2.45) is 0 Å². The topological polar surface area (TPSA) is 59.1 Å². The lowest BCUT2D eigenvalue weighted by atomic mass is 10.2. The van der Waals surface area contributed by atoms with Crippen LogP contribution in [-0.4, -0.2) is 22.4 Å². The van der Waals surface area contributed by atoms with Gasteiger partial charge in [0.05, 0.1) is 16.3 Å². The van der Waals surface area contributed by atoms with Crippen LogP contribution in [0.5, 0.6) is 0 Å². The van der Waals surface area contributed by atoms with Crippen LogP contribution in [0.25, 0.3) is 0 Å². The van der Waals surface area contributed by atoms with E-state index in [4.69, 9.17) is 0 Å². The minimum absolute atomic E-state index is 0.00688. The first-order valence-electron chi connectivity index (χ1n) is 7.96. The van der Waals surface area contributed by atoms with Crippen LogP contribution in [0.3, 0.4) is 0 Å². The van der Waals surface area contributed by atoms with Crippen molar-refractivity contribution in [2.75, 3.05) is 11.1 Å². The van der Waals surface area contributed by atoms with Gasteiger partial charge in [0.2, 0.25) is 0 Å². The van der Waals surface area contributed by atoms with Crippen molar-refractivity contribution in [3.05, 3.63) is 88.3 Å². The third-order valence-corrected chi connectivity index (χ3v) is 5.09. The van der Waals surface area contributed by atoms with Crippen LogP contribution in [0, 0.1) is 5.82 Å². The first kappa shape index (κ1) is 19.3. The molecule has 3 aromatic rings. The zero-order valence-electron chi connectivity index (χ0n) is 14.0. The van der Waals surface area contributed by atoms with Gasteiger partial charge in [-0.15, -0.1) is 0 Å². The molecule has 3 rings (SSSR count). The van der Waals surface area contributed by atoms with E-state index in [1.165, 1.54) is 42.2 Å². The van der Waals surface area contributed by atoms with Crippen molar-refractivity contribution >= 4 is 45.1 Å². The minimum atomic E-state index is -0.367. The van der Waals surface area contributed by atoms with Crippen LogP contribution in [0.4, 0.5) is 10.1 Å². The highest BCUT2D eigenvalue weighted by atomic mass is 79.9. The summed E-state index contributed by atoms with van der Waals surface area (Å²) in [5, 5.41) is 3.32. The Morgan fingerprint density at radius 1 is 0.963 bits per heavy atom. The summed E-state index contributed by atoms with van der Waals surface area (Å²) in [7, 11) is 0. The SMILES string of the molecule is O=C(CSc1ccc(C(=O)Nc2ccc(F)cc2)cn1)c1ccc(Br)cc1. The number of nitrogens with zero attached hydrogens (tertiary/aromatic N) is 1. The normalized spacial score (nSPS) is 10.4. The fraction of sp³-hybridized carbons (Fsp3) is 0.0500. The molecule has 0 aliphatic heterocycles. The zero-order valence-corrected chi connectivity index (χ0v) is 16.4. The van der Waals surface area contributed by atoms with Crippen molar-refractivity contribution in [1.82, 2.24) is 4.98 Å². The molecule has 1 heterocycles. The van der Waals surface area contributed by atoms with Crippen LogP contribution in [0.2, 0.25) is 0 Å². The second-order valence-electron chi connectivity index (χ2n) is 5.56. The molecular formula is C20H14BrFN2O2S. The number of pyridine rings is 1. The van der Waals surface area contributed by atoms with Gasteiger partial charge in [-0.3, -0.25) is 9.59 Å². The fourth-order valence-corrected chi connectivity index (χ4v) is 3.20. The number of halogens is 2. The molecule has 0 aliphatic carbocycles. The first-order chi connectivity index (χ1) is 13.0. The molecule has 7 heteroatoms. The predicted octanol–water partition coefficient (Wildman–Crippen LogP) is 5.21. The number of ketones is 1. The summed E-state index contributed by atoms with van der Waals surface area (Å²) in [6, 6.07) is 16.0. The van der Waals surface area contributed by atoms with Crippen LogP contribution >= 0.6 is 27.7 Å². The third-order valence-electron chi connectivity index (χ3n) is 3.62. The summed E-state index contributed by atoms with van der Waals surface area (Å²) in [6.07, 6.45) is 1.45. The highest BCUT2D eigenvalue weighted by Crippen LogP contribution is 2.19. The monoisotopic (exact) mass is 444 g/mol. The van der Waals surface area contributed by atoms with Gasteiger partial charge in [0.15, 0.2) is 5.78 Å². The van der Waals surface area contributed by atoms with E-state index in [9.17, 15) is 14.0 Å². The molecule has 0 unspecified atom stereocenters. The van der Waals surface area contributed by atoms with Gasteiger partial charge in [-0.2, -0.15) is 0 Å². The molecule has 1 aromatic heterocycles. The number of Topliss-reactive ketones (excluding diaryl/α,β-unsaturated/α-hetero) is 1. The van der Waals surface area contributed by atoms with Gasteiger partial charge >= 0.3 is 0 Å². The third kappa shape index (κ3) is 5.48. The summed E-state index contributed by atoms with van der Waals surface area (Å²) in [4.78, 5) is 28.6. The molecule has 0 atom stereocenters. The summed E-state index contributed by atoms with van der Waals surface area (Å²) < 4.78 is 13.8. The summed E-state index contributed by atoms with van der Waals surface area (Å²) in [5.41, 5.74) is 1.52. The molecule has 0 aliphatic rings.